The third-order valence-corrected chi connectivity index (χ3v) is 6.16. The van der Waals surface area contributed by atoms with Crippen LogP contribution in [0.3, 0.4) is 0 Å². The van der Waals surface area contributed by atoms with Crippen LogP contribution >= 0.6 is 0 Å². The molecule has 0 radical (unpaired) electrons. The molecule has 4 bridgehead atoms. The quantitative estimate of drug-likeness (QED) is 0.831. The zero-order valence-corrected chi connectivity index (χ0v) is 13.3. The van der Waals surface area contributed by atoms with Crippen LogP contribution in [0, 0.1) is 22.2 Å². The van der Waals surface area contributed by atoms with Crippen LogP contribution in [0.2, 0.25) is 0 Å². The Kier molecular flexibility index (Phi) is 3.20. The van der Waals surface area contributed by atoms with E-state index in [0.29, 0.717) is 23.3 Å². The van der Waals surface area contributed by atoms with E-state index in [9.17, 15) is 4.79 Å². The summed E-state index contributed by atoms with van der Waals surface area (Å²) in [5.41, 5.74) is 6.67. The molecule has 4 aliphatic rings. The van der Waals surface area contributed by atoms with Gasteiger partial charge in [0.1, 0.15) is 0 Å². The summed E-state index contributed by atoms with van der Waals surface area (Å²) in [7, 11) is 0. The summed E-state index contributed by atoms with van der Waals surface area (Å²) in [4.78, 5) is 12.8. The van der Waals surface area contributed by atoms with Gasteiger partial charge in [-0.25, -0.2) is 0 Å². The van der Waals surface area contributed by atoms with Crippen molar-refractivity contribution in [1.29, 1.82) is 0 Å². The van der Waals surface area contributed by atoms with Gasteiger partial charge in [0.2, 0.25) is 5.91 Å². The van der Waals surface area contributed by atoms with Crippen LogP contribution in [-0.2, 0) is 4.79 Å². The van der Waals surface area contributed by atoms with Crippen molar-refractivity contribution in [3.05, 3.63) is 0 Å². The molecule has 3 atom stereocenters. The molecule has 114 valence electrons. The number of amides is 1. The standard InChI is InChI=1S/C17H30N2O/c1-4-13(18)8-19-14(20)17-7-12-5-15(2,10-17)9-16(3,6-12)11-17/h12-13H,4-11,18H2,1-3H3,(H,19,20). The van der Waals surface area contributed by atoms with E-state index in [4.69, 9.17) is 5.73 Å². The van der Waals surface area contributed by atoms with E-state index in [1.165, 1.54) is 19.3 Å². The molecule has 3 unspecified atom stereocenters. The van der Waals surface area contributed by atoms with Crippen molar-refractivity contribution < 1.29 is 4.79 Å². The van der Waals surface area contributed by atoms with Gasteiger partial charge in [-0.3, -0.25) is 4.79 Å². The third-order valence-electron chi connectivity index (χ3n) is 6.16. The van der Waals surface area contributed by atoms with E-state index in [-0.39, 0.29) is 11.5 Å². The highest BCUT2D eigenvalue weighted by molar-refractivity contribution is 5.83. The summed E-state index contributed by atoms with van der Waals surface area (Å²) in [5.74, 6) is 1.06. The Balaban J connectivity index is 1.77. The van der Waals surface area contributed by atoms with Crippen LogP contribution < -0.4 is 11.1 Å². The maximum atomic E-state index is 12.8. The lowest BCUT2D eigenvalue weighted by molar-refractivity contribution is -0.170. The Bertz CT molecular complexity index is 401. The van der Waals surface area contributed by atoms with Crippen molar-refractivity contribution in [2.75, 3.05) is 6.54 Å². The molecular formula is C17H30N2O. The molecule has 4 rings (SSSR count). The monoisotopic (exact) mass is 278 g/mol. The summed E-state index contributed by atoms with van der Waals surface area (Å²) >= 11 is 0. The van der Waals surface area contributed by atoms with Gasteiger partial charge < -0.3 is 11.1 Å². The lowest BCUT2D eigenvalue weighted by atomic mass is 9.40. The van der Waals surface area contributed by atoms with Crippen LogP contribution in [0.1, 0.15) is 65.7 Å². The second kappa shape index (κ2) is 4.46. The Morgan fingerprint density at radius 1 is 1.20 bits per heavy atom. The zero-order chi connectivity index (χ0) is 14.6. The predicted molar refractivity (Wildman–Crippen MR) is 81.1 cm³/mol. The smallest absolute Gasteiger partial charge is 0.226 e. The highest BCUT2D eigenvalue weighted by atomic mass is 16.2. The SMILES string of the molecule is CCC(N)CNC(=O)C12CC3CC(C)(CC(C)(C3)C1)C2. The number of carbonyl (C=O) groups excluding carboxylic acids is 1. The largest absolute Gasteiger partial charge is 0.354 e. The summed E-state index contributed by atoms with van der Waals surface area (Å²) in [6.07, 6.45) is 8.23. The minimum atomic E-state index is -0.0869. The maximum absolute atomic E-state index is 12.8. The first-order chi connectivity index (χ1) is 9.28. The van der Waals surface area contributed by atoms with Gasteiger partial charge in [0.15, 0.2) is 0 Å². The van der Waals surface area contributed by atoms with Crippen molar-refractivity contribution in [3.8, 4) is 0 Å². The summed E-state index contributed by atoms with van der Waals surface area (Å²) < 4.78 is 0. The molecule has 0 saturated heterocycles. The van der Waals surface area contributed by atoms with Gasteiger partial charge in [-0.05, 0) is 61.7 Å². The van der Waals surface area contributed by atoms with Crippen molar-refractivity contribution in [2.45, 2.75) is 71.8 Å². The van der Waals surface area contributed by atoms with Crippen molar-refractivity contribution >= 4 is 5.91 Å². The van der Waals surface area contributed by atoms with Crippen LogP contribution in [0.15, 0.2) is 0 Å². The van der Waals surface area contributed by atoms with E-state index < -0.39 is 0 Å². The van der Waals surface area contributed by atoms with Gasteiger partial charge in [0.05, 0.1) is 5.41 Å². The summed E-state index contributed by atoms with van der Waals surface area (Å²) in [6, 6.07) is 0.0963. The lowest BCUT2D eigenvalue weighted by Crippen LogP contribution is -2.60. The molecule has 3 nitrogen and oxygen atoms in total. The van der Waals surface area contributed by atoms with Crippen molar-refractivity contribution in [3.63, 3.8) is 0 Å². The molecule has 4 aliphatic carbocycles. The van der Waals surface area contributed by atoms with Crippen LogP contribution in [-0.4, -0.2) is 18.5 Å². The Morgan fingerprint density at radius 2 is 1.80 bits per heavy atom. The van der Waals surface area contributed by atoms with Crippen molar-refractivity contribution in [2.24, 2.45) is 27.9 Å². The Morgan fingerprint density at radius 3 is 2.30 bits per heavy atom. The van der Waals surface area contributed by atoms with E-state index in [1.54, 1.807) is 0 Å². The number of rotatable bonds is 4. The van der Waals surface area contributed by atoms with Gasteiger partial charge in [-0.1, -0.05) is 20.8 Å². The molecule has 3 heteroatoms. The van der Waals surface area contributed by atoms with E-state index >= 15 is 0 Å². The highest BCUT2D eigenvalue weighted by Gasteiger charge is 2.62. The van der Waals surface area contributed by atoms with E-state index in [1.807, 2.05) is 0 Å². The Hall–Kier alpha value is -0.570. The van der Waals surface area contributed by atoms with Crippen LogP contribution in [0.5, 0.6) is 0 Å². The first-order valence-corrected chi connectivity index (χ1v) is 8.32. The number of hydrogen-bond acceptors (Lipinski definition) is 2. The molecular weight excluding hydrogens is 248 g/mol. The normalized spacial score (nSPS) is 47.3. The molecule has 4 saturated carbocycles. The van der Waals surface area contributed by atoms with Gasteiger partial charge in [-0.2, -0.15) is 0 Å². The molecule has 0 aromatic rings. The molecule has 20 heavy (non-hydrogen) atoms. The second-order valence-corrected chi connectivity index (χ2v) is 8.79. The van der Waals surface area contributed by atoms with Crippen LogP contribution in [0.25, 0.3) is 0 Å². The molecule has 3 N–H and O–H groups in total. The second-order valence-electron chi connectivity index (χ2n) is 8.79. The van der Waals surface area contributed by atoms with Gasteiger partial charge >= 0.3 is 0 Å². The fraction of sp³-hybridized carbons (Fsp3) is 0.941. The molecule has 0 heterocycles. The van der Waals surface area contributed by atoms with E-state index in [2.05, 4.69) is 26.1 Å². The van der Waals surface area contributed by atoms with Gasteiger partial charge in [0.25, 0.3) is 0 Å². The summed E-state index contributed by atoms with van der Waals surface area (Å²) in [5, 5.41) is 3.16. The zero-order valence-electron chi connectivity index (χ0n) is 13.3. The van der Waals surface area contributed by atoms with Crippen molar-refractivity contribution in [1.82, 2.24) is 5.32 Å². The summed E-state index contributed by atoms with van der Waals surface area (Å²) in [6.45, 7) is 7.53. The molecule has 0 aliphatic heterocycles. The first kappa shape index (κ1) is 14.4. The molecule has 0 aromatic heterocycles. The minimum absolute atomic E-state index is 0.0869. The number of nitrogens with two attached hydrogens (primary N) is 1. The highest BCUT2D eigenvalue weighted by Crippen LogP contribution is 2.69. The fourth-order valence-electron chi connectivity index (χ4n) is 6.26. The fourth-order valence-corrected chi connectivity index (χ4v) is 6.26. The minimum Gasteiger partial charge on any atom is -0.354 e. The van der Waals surface area contributed by atoms with Crippen LogP contribution in [0.4, 0.5) is 0 Å². The third kappa shape index (κ3) is 2.28. The average Bonchev–Trinajstić information content (AvgIpc) is 2.30. The molecule has 0 aromatic carbocycles. The first-order valence-electron chi connectivity index (χ1n) is 8.32. The average molecular weight is 278 g/mol. The number of carbonyl (C=O) groups is 1. The molecule has 0 spiro atoms. The Labute approximate surface area is 123 Å². The number of nitrogens with one attached hydrogen (secondary N) is 1. The molecule has 1 amide bonds. The van der Waals surface area contributed by atoms with E-state index in [0.717, 1.165) is 31.6 Å². The van der Waals surface area contributed by atoms with Gasteiger partial charge in [-0.15, -0.1) is 0 Å². The molecule has 4 fully saturated rings. The van der Waals surface area contributed by atoms with Gasteiger partial charge in [0, 0.05) is 12.6 Å². The lowest BCUT2D eigenvalue weighted by Gasteiger charge is -2.64. The topological polar surface area (TPSA) is 55.1 Å². The predicted octanol–water partition coefficient (Wildman–Crippen LogP) is 2.84. The maximum Gasteiger partial charge on any atom is 0.226 e. The number of hydrogen-bond donors (Lipinski definition) is 2.